The first-order valence-corrected chi connectivity index (χ1v) is 8.27. The second kappa shape index (κ2) is 7.65. The van der Waals surface area contributed by atoms with Crippen molar-refractivity contribution in [3.05, 3.63) is 77.1 Å². The molecule has 1 N–H and O–H groups in total. The lowest BCUT2D eigenvalue weighted by Crippen LogP contribution is -2.23. The van der Waals surface area contributed by atoms with Gasteiger partial charge in [-0.1, -0.05) is 30.3 Å². The predicted molar refractivity (Wildman–Crippen MR) is 108 cm³/mol. The zero-order valence-corrected chi connectivity index (χ0v) is 14.9. The fourth-order valence-electron chi connectivity index (χ4n) is 2.57. The Bertz CT molecular complexity index is 1000. The van der Waals surface area contributed by atoms with Gasteiger partial charge in [0.15, 0.2) is 0 Å². The molecule has 0 aliphatic rings. The van der Waals surface area contributed by atoms with E-state index in [0.29, 0.717) is 23.4 Å². The van der Waals surface area contributed by atoms with Gasteiger partial charge in [0.05, 0.1) is 17.1 Å². The van der Waals surface area contributed by atoms with E-state index >= 15 is 0 Å². The maximum absolute atomic E-state index is 12.7. The molecule has 26 heavy (non-hydrogen) atoms. The van der Waals surface area contributed by atoms with Gasteiger partial charge in [0.25, 0.3) is 5.56 Å². The third-order valence-electron chi connectivity index (χ3n) is 3.96. The molecule has 6 heteroatoms. The van der Waals surface area contributed by atoms with E-state index < -0.39 is 0 Å². The van der Waals surface area contributed by atoms with Crippen LogP contribution in [-0.2, 0) is 6.54 Å². The second-order valence-corrected chi connectivity index (χ2v) is 6.01. The van der Waals surface area contributed by atoms with Crippen molar-refractivity contribution >= 4 is 28.8 Å². The number of fused-ring (bicyclic) bond motifs is 1. The van der Waals surface area contributed by atoms with Gasteiger partial charge in [-0.25, -0.2) is 10.4 Å². The Morgan fingerprint density at radius 1 is 1.19 bits per heavy atom. The molecule has 0 radical (unpaired) electrons. The molecule has 0 spiro atoms. The Kier molecular flexibility index (Phi) is 5.12. The zero-order valence-electron chi connectivity index (χ0n) is 14.9. The summed E-state index contributed by atoms with van der Waals surface area (Å²) in [5.74, 6) is 0.384. The van der Waals surface area contributed by atoms with Crippen LogP contribution in [0.3, 0.4) is 0 Å². The van der Waals surface area contributed by atoms with Crippen LogP contribution in [0, 0.1) is 0 Å². The Labute approximate surface area is 152 Å². The van der Waals surface area contributed by atoms with Gasteiger partial charge in [-0.3, -0.25) is 9.36 Å². The van der Waals surface area contributed by atoms with E-state index in [4.69, 9.17) is 0 Å². The summed E-state index contributed by atoms with van der Waals surface area (Å²) in [6.45, 7) is 4.06. The molecule has 0 atom stereocenters. The van der Waals surface area contributed by atoms with Gasteiger partial charge in [0.2, 0.25) is 5.95 Å². The molecule has 0 fully saturated rings. The van der Waals surface area contributed by atoms with Crippen molar-refractivity contribution in [3.8, 4) is 0 Å². The van der Waals surface area contributed by atoms with E-state index in [1.807, 2.05) is 61.5 Å². The minimum atomic E-state index is -0.122. The summed E-state index contributed by atoms with van der Waals surface area (Å²) in [5, 5.41) is 4.80. The van der Waals surface area contributed by atoms with Gasteiger partial charge >= 0.3 is 0 Å². The number of nitrogens with zero attached hydrogens (tertiary/aromatic N) is 4. The summed E-state index contributed by atoms with van der Waals surface area (Å²) in [7, 11) is 3.99. The number of benzene rings is 2. The molecule has 0 bridgehead atoms. The third-order valence-corrected chi connectivity index (χ3v) is 3.96. The van der Waals surface area contributed by atoms with Crippen molar-refractivity contribution in [3.63, 3.8) is 0 Å². The summed E-state index contributed by atoms with van der Waals surface area (Å²) in [5.41, 5.74) is 5.45. The molecular weight excluding hydrogens is 326 g/mol. The van der Waals surface area contributed by atoms with Gasteiger partial charge in [0.1, 0.15) is 0 Å². The first-order chi connectivity index (χ1) is 12.6. The smallest absolute Gasteiger partial charge is 0.263 e. The van der Waals surface area contributed by atoms with Crippen molar-refractivity contribution in [1.29, 1.82) is 0 Å². The lowest BCUT2D eigenvalue weighted by atomic mass is 10.2. The minimum Gasteiger partial charge on any atom is -0.378 e. The molecule has 1 heterocycles. The maximum atomic E-state index is 12.7. The van der Waals surface area contributed by atoms with Crippen LogP contribution < -0.4 is 15.9 Å². The van der Waals surface area contributed by atoms with Crippen LogP contribution >= 0.6 is 0 Å². The van der Waals surface area contributed by atoms with Gasteiger partial charge in [-0.05, 0) is 29.8 Å². The summed E-state index contributed by atoms with van der Waals surface area (Å²) in [6, 6.07) is 15.2. The Morgan fingerprint density at radius 3 is 2.62 bits per heavy atom. The number of allylic oxidation sites excluding steroid dienone is 1. The number of aromatic nitrogens is 2. The molecule has 1 aromatic heterocycles. The average molecular weight is 347 g/mol. The van der Waals surface area contributed by atoms with Crippen molar-refractivity contribution in [2.75, 3.05) is 24.4 Å². The third kappa shape index (κ3) is 3.64. The summed E-state index contributed by atoms with van der Waals surface area (Å²) in [6.07, 6.45) is 3.35. The fourth-order valence-corrected chi connectivity index (χ4v) is 2.57. The van der Waals surface area contributed by atoms with Gasteiger partial charge in [-0.2, -0.15) is 5.10 Å². The zero-order chi connectivity index (χ0) is 18.5. The number of hydrogen-bond acceptors (Lipinski definition) is 5. The fraction of sp³-hybridized carbons (Fsp3) is 0.150. The number of hydrogen-bond donors (Lipinski definition) is 1. The highest BCUT2D eigenvalue weighted by Gasteiger charge is 2.09. The van der Waals surface area contributed by atoms with E-state index in [9.17, 15) is 4.79 Å². The first-order valence-electron chi connectivity index (χ1n) is 8.27. The van der Waals surface area contributed by atoms with Gasteiger partial charge in [-0.15, -0.1) is 6.58 Å². The van der Waals surface area contributed by atoms with Crippen molar-refractivity contribution in [2.45, 2.75) is 6.54 Å². The molecule has 0 aliphatic heterocycles. The van der Waals surface area contributed by atoms with Gasteiger partial charge < -0.3 is 4.90 Å². The van der Waals surface area contributed by atoms with Crippen LogP contribution in [0.4, 0.5) is 11.6 Å². The van der Waals surface area contributed by atoms with E-state index in [2.05, 4.69) is 22.1 Å². The molecule has 2 aromatic carbocycles. The lowest BCUT2D eigenvalue weighted by molar-refractivity contribution is 0.774. The topological polar surface area (TPSA) is 62.5 Å². The average Bonchev–Trinajstić information content (AvgIpc) is 2.65. The van der Waals surface area contributed by atoms with E-state index in [1.165, 1.54) is 4.57 Å². The molecule has 3 aromatic rings. The molecule has 3 rings (SSSR count). The Hall–Kier alpha value is -3.41. The number of para-hydroxylation sites is 1. The number of nitrogens with one attached hydrogen (secondary N) is 1. The van der Waals surface area contributed by atoms with Crippen LogP contribution in [0.2, 0.25) is 0 Å². The Morgan fingerprint density at radius 2 is 1.92 bits per heavy atom. The van der Waals surface area contributed by atoms with Crippen molar-refractivity contribution < 1.29 is 0 Å². The van der Waals surface area contributed by atoms with Crippen LogP contribution in [0.25, 0.3) is 10.9 Å². The highest BCUT2D eigenvalue weighted by atomic mass is 16.1. The van der Waals surface area contributed by atoms with E-state index in [1.54, 1.807) is 18.4 Å². The maximum Gasteiger partial charge on any atom is 0.263 e. The van der Waals surface area contributed by atoms with Crippen LogP contribution in [-0.4, -0.2) is 29.9 Å². The largest absolute Gasteiger partial charge is 0.378 e. The number of anilines is 2. The molecular formula is C20H21N5O. The number of hydrazone groups is 1. The van der Waals surface area contributed by atoms with Gasteiger partial charge in [0, 0.05) is 26.3 Å². The quantitative estimate of drug-likeness (QED) is 0.423. The summed E-state index contributed by atoms with van der Waals surface area (Å²) < 4.78 is 1.52. The molecule has 0 saturated carbocycles. The van der Waals surface area contributed by atoms with Crippen molar-refractivity contribution in [2.24, 2.45) is 5.10 Å². The lowest BCUT2D eigenvalue weighted by Gasteiger charge is -2.12. The number of rotatable bonds is 6. The first kappa shape index (κ1) is 17.4. The van der Waals surface area contributed by atoms with E-state index in [-0.39, 0.29) is 5.56 Å². The minimum absolute atomic E-state index is 0.122. The monoisotopic (exact) mass is 347 g/mol. The Balaban J connectivity index is 1.89. The molecule has 0 amide bonds. The molecule has 132 valence electrons. The van der Waals surface area contributed by atoms with E-state index in [0.717, 1.165) is 11.3 Å². The highest BCUT2D eigenvalue weighted by molar-refractivity contribution is 5.81. The highest BCUT2D eigenvalue weighted by Crippen LogP contribution is 2.12. The standard InChI is InChI=1S/C20H21N5O/c1-4-13-25-19(26)17-7-5-6-8-18(17)22-20(25)23-21-14-15-9-11-16(12-10-15)24(2)3/h4-12,14H,1,13H2,2-3H3,(H,22,23). The molecule has 6 nitrogen and oxygen atoms in total. The SMILES string of the molecule is C=CCn1c(NN=Cc2ccc(N(C)C)cc2)nc2ccccc2c1=O. The summed E-state index contributed by atoms with van der Waals surface area (Å²) in [4.78, 5) is 19.2. The van der Waals surface area contributed by atoms with Crippen molar-refractivity contribution in [1.82, 2.24) is 9.55 Å². The predicted octanol–water partition coefficient (Wildman–Crippen LogP) is 3.09. The molecule has 0 aliphatic carbocycles. The van der Waals surface area contributed by atoms with Crippen LogP contribution in [0.5, 0.6) is 0 Å². The van der Waals surface area contributed by atoms with Crippen LogP contribution in [0.1, 0.15) is 5.56 Å². The van der Waals surface area contributed by atoms with Crippen LogP contribution in [0.15, 0.2) is 71.1 Å². The molecule has 0 saturated heterocycles. The second-order valence-electron chi connectivity index (χ2n) is 6.01. The molecule has 0 unspecified atom stereocenters. The normalized spacial score (nSPS) is 11.0. The summed E-state index contributed by atoms with van der Waals surface area (Å²) >= 11 is 0.